The van der Waals surface area contributed by atoms with Crippen molar-refractivity contribution in [3.63, 3.8) is 0 Å². The largest absolute Gasteiger partial charge is 1.00 e. The van der Waals surface area contributed by atoms with E-state index in [9.17, 15) is 4.79 Å². The maximum atomic E-state index is 10.4. The number of carboxylic acid groups (broad SMARTS) is 1. The van der Waals surface area contributed by atoms with Crippen molar-refractivity contribution in [3.8, 4) is 0 Å². The van der Waals surface area contributed by atoms with Gasteiger partial charge in [0.1, 0.15) is 0 Å². The Morgan fingerprint density at radius 1 is 1.50 bits per heavy atom. The Kier molecular flexibility index (Phi) is 4.26. The fourth-order valence-corrected chi connectivity index (χ4v) is 1.01. The van der Waals surface area contributed by atoms with Crippen LogP contribution in [0.15, 0.2) is 23.1 Å². The third kappa shape index (κ3) is 2.49. The van der Waals surface area contributed by atoms with E-state index in [0.29, 0.717) is 5.69 Å². The summed E-state index contributed by atoms with van der Waals surface area (Å²) in [6, 6.07) is 4.37. The Morgan fingerprint density at radius 3 is 2.50 bits per heavy atom. The topological polar surface area (TPSA) is 63.3 Å². The SMILES string of the molecule is Nc1ccc(C(=O)O)c([S-])c1.[Au+]. The minimum Gasteiger partial charge on any atom is -0.779 e. The quantitative estimate of drug-likeness (QED) is 0.441. The van der Waals surface area contributed by atoms with E-state index in [1.165, 1.54) is 18.2 Å². The van der Waals surface area contributed by atoms with Gasteiger partial charge in [-0.25, -0.2) is 4.79 Å². The van der Waals surface area contributed by atoms with Gasteiger partial charge in [0.2, 0.25) is 0 Å². The van der Waals surface area contributed by atoms with E-state index in [1.807, 2.05) is 0 Å². The van der Waals surface area contributed by atoms with Crippen LogP contribution in [0.2, 0.25) is 0 Å². The Hall–Kier alpha value is -0.550. The van der Waals surface area contributed by atoms with E-state index < -0.39 is 5.97 Å². The van der Waals surface area contributed by atoms with Crippen molar-refractivity contribution in [1.29, 1.82) is 0 Å². The molecule has 0 spiro atoms. The summed E-state index contributed by atoms with van der Waals surface area (Å²) in [5.74, 6) is -1.02. The molecular weight excluding hydrogens is 359 g/mol. The van der Waals surface area contributed by atoms with Crippen LogP contribution in [-0.4, -0.2) is 11.1 Å². The number of anilines is 1. The third-order valence-electron chi connectivity index (χ3n) is 1.24. The number of nitrogens with two attached hydrogens (primary N) is 1. The van der Waals surface area contributed by atoms with Crippen LogP contribution in [0.3, 0.4) is 0 Å². The normalized spacial score (nSPS) is 8.67. The number of benzene rings is 1. The van der Waals surface area contributed by atoms with Gasteiger partial charge in [-0.3, -0.25) is 0 Å². The summed E-state index contributed by atoms with van der Waals surface area (Å²) in [5.41, 5.74) is 5.97. The first-order chi connectivity index (χ1) is 5.11. The number of aromatic carboxylic acids is 1. The number of carbonyl (C=O) groups is 1. The zero-order valence-electron chi connectivity index (χ0n) is 5.87. The molecule has 0 bridgehead atoms. The summed E-state index contributed by atoms with van der Waals surface area (Å²) >= 11 is 4.75. The Morgan fingerprint density at radius 2 is 2.08 bits per heavy atom. The number of nitrogen functional groups attached to an aromatic ring is 1. The minimum absolute atomic E-state index is 0. The Balaban J connectivity index is 0.00000121. The van der Waals surface area contributed by atoms with Gasteiger partial charge in [0.25, 0.3) is 0 Å². The van der Waals surface area contributed by atoms with E-state index in [-0.39, 0.29) is 32.8 Å². The zero-order valence-corrected chi connectivity index (χ0v) is 8.86. The van der Waals surface area contributed by atoms with Crippen molar-refractivity contribution < 1.29 is 32.3 Å². The molecule has 0 radical (unpaired) electrons. The average molecular weight is 365 g/mol. The molecule has 0 saturated carbocycles. The van der Waals surface area contributed by atoms with Gasteiger partial charge >= 0.3 is 28.3 Å². The van der Waals surface area contributed by atoms with Crippen LogP contribution >= 0.6 is 0 Å². The predicted molar refractivity (Wildman–Crippen MR) is 43.4 cm³/mol. The van der Waals surface area contributed by atoms with Crippen molar-refractivity contribution in [2.75, 3.05) is 5.73 Å². The van der Waals surface area contributed by atoms with Gasteiger partial charge in [0, 0.05) is 11.3 Å². The van der Waals surface area contributed by atoms with E-state index >= 15 is 0 Å². The first-order valence-electron chi connectivity index (χ1n) is 2.91. The number of rotatable bonds is 1. The zero-order chi connectivity index (χ0) is 8.43. The molecule has 1 rings (SSSR count). The number of hydrogen-bond donors (Lipinski definition) is 2. The molecule has 5 heteroatoms. The van der Waals surface area contributed by atoms with Crippen LogP contribution in [0.1, 0.15) is 10.4 Å². The molecule has 0 fully saturated rings. The van der Waals surface area contributed by atoms with Crippen LogP contribution in [-0.2, 0) is 35.0 Å². The van der Waals surface area contributed by atoms with Crippen molar-refractivity contribution in [2.24, 2.45) is 0 Å². The average Bonchev–Trinajstić information content (AvgIpc) is 1.85. The van der Waals surface area contributed by atoms with E-state index in [0.717, 1.165) is 0 Å². The molecule has 0 aromatic heterocycles. The summed E-state index contributed by atoms with van der Waals surface area (Å²) in [7, 11) is 0. The van der Waals surface area contributed by atoms with E-state index in [4.69, 9.17) is 23.5 Å². The molecule has 1 aromatic rings. The van der Waals surface area contributed by atoms with Gasteiger partial charge in [-0.2, -0.15) is 4.90 Å². The molecular formula is C7H6AuNO2S. The second-order valence-corrected chi connectivity index (χ2v) is 2.50. The molecule has 0 atom stereocenters. The van der Waals surface area contributed by atoms with Gasteiger partial charge in [-0.1, -0.05) is 6.07 Å². The third-order valence-corrected chi connectivity index (χ3v) is 1.57. The van der Waals surface area contributed by atoms with Gasteiger partial charge in [-0.15, -0.1) is 0 Å². The Labute approximate surface area is 90.9 Å². The van der Waals surface area contributed by atoms with E-state index in [2.05, 4.69) is 0 Å². The van der Waals surface area contributed by atoms with Crippen LogP contribution in [0.5, 0.6) is 0 Å². The van der Waals surface area contributed by atoms with Crippen LogP contribution < -0.4 is 5.73 Å². The molecule has 0 unspecified atom stereocenters. The first kappa shape index (κ1) is 11.5. The maximum Gasteiger partial charge on any atom is 1.00 e. The van der Waals surface area contributed by atoms with Crippen molar-refractivity contribution in [2.45, 2.75) is 4.90 Å². The molecule has 12 heavy (non-hydrogen) atoms. The monoisotopic (exact) mass is 365 g/mol. The number of hydrogen-bond acceptors (Lipinski definition) is 3. The van der Waals surface area contributed by atoms with Gasteiger partial charge in [-0.05, 0) is 12.1 Å². The van der Waals surface area contributed by atoms with Crippen molar-refractivity contribution in [1.82, 2.24) is 0 Å². The minimum atomic E-state index is -1.02. The molecule has 3 nitrogen and oxygen atoms in total. The van der Waals surface area contributed by atoms with Crippen LogP contribution in [0.4, 0.5) is 5.69 Å². The predicted octanol–water partition coefficient (Wildman–Crippen LogP) is 0.870. The molecule has 0 saturated heterocycles. The maximum absolute atomic E-state index is 10.4. The molecule has 0 heterocycles. The second-order valence-electron chi connectivity index (χ2n) is 2.06. The van der Waals surface area contributed by atoms with Gasteiger partial charge < -0.3 is 23.5 Å². The smallest absolute Gasteiger partial charge is 0.779 e. The Bertz CT molecular complexity index is 303. The summed E-state index contributed by atoms with van der Waals surface area (Å²) < 4.78 is 0. The fraction of sp³-hybridized carbons (Fsp3) is 0. The van der Waals surface area contributed by atoms with Gasteiger partial charge in [0.05, 0.1) is 0 Å². The summed E-state index contributed by atoms with van der Waals surface area (Å²) in [4.78, 5) is 10.7. The molecule has 68 valence electrons. The molecule has 1 aromatic carbocycles. The molecule has 0 aliphatic heterocycles. The van der Waals surface area contributed by atoms with Crippen LogP contribution in [0, 0.1) is 0 Å². The summed E-state index contributed by atoms with van der Waals surface area (Å²) in [6.45, 7) is 0. The summed E-state index contributed by atoms with van der Waals surface area (Å²) in [6.07, 6.45) is 0. The first-order valence-corrected chi connectivity index (χ1v) is 3.32. The summed E-state index contributed by atoms with van der Waals surface area (Å²) in [5, 5.41) is 8.55. The van der Waals surface area contributed by atoms with Crippen molar-refractivity contribution in [3.05, 3.63) is 23.8 Å². The molecule has 3 N–H and O–H groups in total. The number of carboxylic acids is 1. The van der Waals surface area contributed by atoms with Crippen molar-refractivity contribution >= 4 is 24.3 Å². The van der Waals surface area contributed by atoms with Crippen LogP contribution in [0.25, 0.3) is 0 Å². The second kappa shape index (κ2) is 4.47. The molecule has 0 aliphatic rings. The molecule has 0 aliphatic carbocycles. The van der Waals surface area contributed by atoms with E-state index in [1.54, 1.807) is 0 Å². The standard InChI is InChI=1S/C7H7NO2S.Au/c8-4-1-2-5(7(9)10)6(11)3-4;/h1-3,11H,8H2,(H,9,10);/q;+1/p-1. The fourth-order valence-electron chi connectivity index (χ4n) is 0.716. The molecule has 0 amide bonds. The van der Waals surface area contributed by atoms with Gasteiger partial charge in [0.15, 0.2) is 0 Å².